The number of rotatable bonds is 7. The van der Waals surface area contributed by atoms with Crippen LogP contribution in [0.15, 0.2) is 29.2 Å². The van der Waals surface area contributed by atoms with Crippen molar-refractivity contribution in [3.05, 3.63) is 24.3 Å². The highest BCUT2D eigenvalue weighted by atomic mass is 32.2. The summed E-state index contributed by atoms with van der Waals surface area (Å²) < 4.78 is 24.5. The first-order valence-electron chi connectivity index (χ1n) is 7.20. The molecule has 0 amide bonds. The summed E-state index contributed by atoms with van der Waals surface area (Å²) >= 11 is 0. The largest absolute Gasteiger partial charge is 0.481 e. The van der Waals surface area contributed by atoms with Crippen LogP contribution >= 0.6 is 0 Å². The fourth-order valence-electron chi connectivity index (χ4n) is 2.60. The van der Waals surface area contributed by atoms with Crippen molar-refractivity contribution in [3.63, 3.8) is 0 Å². The van der Waals surface area contributed by atoms with Crippen molar-refractivity contribution in [1.82, 2.24) is 0 Å². The fraction of sp³-hybridized carbons (Fsp3) is 0.533. The molecule has 0 aliphatic heterocycles. The highest BCUT2D eigenvalue weighted by Crippen LogP contribution is 2.41. The Bertz CT molecular complexity index is 620. The van der Waals surface area contributed by atoms with Crippen LogP contribution in [0.5, 0.6) is 0 Å². The molecule has 0 heterocycles. The van der Waals surface area contributed by atoms with Gasteiger partial charge in [-0.1, -0.05) is 25.5 Å². The predicted octanol–water partition coefficient (Wildman–Crippen LogP) is 2.54. The van der Waals surface area contributed by atoms with Crippen LogP contribution in [0.1, 0.15) is 32.6 Å². The molecule has 0 unspecified atom stereocenters. The van der Waals surface area contributed by atoms with Gasteiger partial charge in [0.1, 0.15) is 0 Å². The fourth-order valence-corrected chi connectivity index (χ4v) is 4.12. The number of hydrogen-bond donors (Lipinski definition) is 2. The monoisotopic (exact) mass is 311 g/mol. The van der Waals surface area contributed by atoms with Crippen LogP contribution in [0.2, 0.25) is 0 Å². The van der Waals surface area contributed by atoms with E-state index >= 15 is 0 Å². The Kier molecular flexibility index (Phi) is 4.56. The lowest BCUT2D eigenvalue weighted by Crippen LogP contribution is -2.43. The van der Waals surface area contributed by atoms with Gasteiger partial charge in [-0.25, -0.2) is 8.42 Å². The first-order valence-corrected chi connectivity index (χ1v) is 8.85. The summed E-state index contributed by atoms with van der Waals surface area (Å²) in [5, 5.41) is 12.4. The van der Waals surface area contributed by atoms with E-state index in [0.717, 1.165) is 6.42 Å². The summed E-state index contributed by atoms with van der Waals surface area (Å²) in [4.78, 5) is 11.6. The molecule has 0 bridgehead atoms. The third-order valence-electron chi connectivity index (χ3n) is 4.08. The smallest absolute Gasteiger partial charge is 0.311 e. The van der Waals surface area contributed by atoms with Crippen molar-refractivity contribution < 1.29 is 18.3 Å². The zero-order valence-electron chi connectivity index (χ0n) is 12.1. The van der Waals surface area contributed by atoms with Gasteiger partial charge in [-0.15, -0.1) is 0 Å². The molecule has 2 N–H and O–H groups in total. The quantitative estimate of drug-likeness (QED) is 0.808. The lowest BCUT2D eigenvalue weighted by atomic mass is 9.69. The van der Waals surface area contributed by atoms with Gasteiger partial charge in [-0.3, -0.25) is 4.79 Å². The third-order valence-corrected chi connectivity index (χ3v) is 6.05. The van der Waals surface area contributed by atoms with Gasteiger partial charge in [0, 0.05) is 6.54 Å². The molecule has 1 aliphatic carbocycles. The molecule has 1 saturated carbocycles. The summed E-state index contributed by atoms with van der Waals surface area (Å²) in [6, 6.07) is 6.70. The summed E-state index contributed by atoms with van der Waals surface area (Å²) in [5.74, 6) is -0.717. The van der Waals surface area contributed by atoms with Gasteiger partial charge in [0.2, 0.25) is 0 Å². The number of aliphatic carboxylic acids is 1. The van der Waals surface area contributed by atoms with E-state index in [1.807, 2.05) is 6.92 Å². The second-order valence-electron chi connectivity index (χ2n) is 5.61. The topological polar surface area (TPSA) is 83.5 Å². The summed E-state index contributed by atoms with van der Waals surface area (Å²) in [5.41, 5.74) is -0.250. The zero-order chi connectivity index (χ0) is 15.5. The highest BCUT2D eigenvalue weighted by Gasteiger charge is 2.44. The van der Waals surface area contributed by atoms with Crippen molar-refractivity contribution >= 4 is 21.5 Å². The molecule has 116 valence electrons. The third kappa shape index (κ3) is 3.20. The Labute approximate surface area is 125 Å². The summed E-state index contributed by atoms with van der Waals surface area (Å²) in [7, 11) is -3.33. The molecule has 1 aromatic carbocycles. The van der Waals surface area contributed by atoms with E-state index in [2.05, 4.69) is 5.32 Å². The van der Waals surface area contributed by atoms with Gasteiger partial charge in [0.25, 0.3) is 0 Å². The molecule has 1 fully saturated rings. The van der Waals surface area contributed by atoms with Gasteiger partial charge < -0.3 is 10.4 Å². The van der Waals surface area contributed by atoms with Crippen molar-refractivity contribution in [1.29, 1.82) is 0 Å². The number of nitrogens with one attached hydrogen (secondary N) is 1. The summed E-state index contributed by atoms with van der Waals surface area (Å²) in [6.07, 6.45) is 2.73. The van der Waals surface area contributed by atoms with E-state index < -0.39 is 21.2 Å². The molecule has 0 atom stereocenters. The Morgan fingerprint density at radius 1 is 1.33 bits per heavy atom. The molecule has 0 spiro atoms. The molecular formula is C15H21NO4S. The molecule has 2 rings (SSSR count). The average molecular weight is 311 g/mol. The Morgan fingerprint density at radius 2 is 2.00 bits per heavy atom. The average Bonchev–Trinajstić information content (AvgIpc) is 2.37. The number of carboxylic acid groups (broad SMARTS) is 1. The van der Waals surface area contributed by atoms with Crippen LogP contribution in [0.25, 0.3) is 0 Å². The van der Waals surface area contributed by atoms with Gasteiger partial charge in [-0.05, 0) is 31.4 Å². The first-order chi connectivity index (χ1) is 9.91. The van der Waals surface area contributed by atoms with Crippen molar-refractivity contribution in [2.45, 2.75) is 37.5 Å². The van der Waals surface area contributed by atoms with E-state index in [1.54, 1.807) is 24.3 Å². The Morgan fingerprint density at radius 3 is 2.52 bits per heavy atom. The van der Waals surface area contributed by atoms with E-state index in [9.17, 15) is 18.3 Å². The number of carbonyl (C=O) groups is 1. The minimum absolute atomic E-state index is 0.0930. The molecular weight excluding hydrogens is 290 g/mol. The Hall–Kier alpha value is -1.56. The predicted molar refractivity (Wildman–Crippen MR) is 81.2 cm³/mol. The second kappa shape index (κ2) is 6.05. The van der Waals surface area contributed by atoms with E-state index in [0.29, 0.717) is 24.9 Å². The van der Waals surface area contributed by atoms with E-state index in [-0.39, 0.29) is 17.2 Å². The lowest BCUT2D eigenvalue weighted by Gasteiger charge is -2.38. The van der Waals surface area contributed by atoms with Gasteiger partial charge >= 0.3 is 5.97 Å². The summed E-state index contributed by atoms with van der Waals surface area (Å²) in [6.45, 7) is 2.09. The van der Waals surface area contributed by atoms with Crippen LogP contribution in [0.3, 0.4) is 0 Å². The van der Waals surface area contributed by atoms with Crippen LogP contribution < -0.4 is 5.32 Å². The van der Waals surface area contributed by atoms with Crippen molar-refractivity contribution in [2.75, 3.05) is 17.6 Å². The number of anilines is 1. The van der Waals surface area contributed by atoms with Crippen LogP contribution in [0.4, 0.5) is 5.69 Å². The van der Waals surface area contributed by atoms with Crippen molar-refractivity contribution in [3.8, 4) is 0 Å². The van der Waals surface area contributed by atoms with Crippen molar-refractivity contribution in [2.24, 2.45) is 5.41 Å². The SMILES string of the molecule is CCCS(=O)(=O)c1ccccc1NCC1(C(=O)O)CCC1. The zero-order valence-corrected chi connectivity index (χ0v) is 12.9. The number of hydrogen-bond acceptors (Lipinski definition) is 4. The molecule has 0 saturated heterocycles. The lowest BCUT2D eigenvalue weighted by molar-refractivity contribution is -0.153. The maximum absolute atomic E-state index is 12.2. The molecule has 0 radical (unpaired) electrons. The van der Waals surface area contributed by atoms with Crippen LogP contribution in [-0.4, -0.2) is 31.8 Å². The number of para-hydroxylation sites is 1. The minimum Gasteiger partial charge on any atom is -0.481 e. The molecule has 0 aromatic heterocycles. The van der Waals surface area contributed by atoms with Gasteiger partial charge in [0.15, 0.2) is 9.84 Å². The number of carboxylic acids is 1. The molecule has 21 heavy (non-hydrogen) atoms. The van der Waals surface area contributed by atoms with E-state index in [4.69, 9.17) is 0 Å². The molecule has 6 heteroatoms. The normalized spacial score (nSPS) is 17.0. The molecule has 1 aliphatic rings. The number of benzene rings is 1. The maximum Gasteiger partial charge on any atom is 0.311 e. The molecule has 1 aromatic rings. The Balaban J connectivity index is 2.20. The standard InChI is InChI=1S/C15H21NO4S/c1-2-10-21(19,20)13-7-4-3-6-12(13)16-11-15(14(17)18)8-5-9-15/h3-4,6-7,16H,2,5,8-11H2,1H3,(H,17,18). The van der Waals surface area contributed by atoms with E-state index in [1.165, 1.54) is 0 Å². The van der Waals surface area contributed by atoms with Gasteiger partial charge in [-0.2, -0.15) is 0 Å². The maximum atomic E-state index is 12.2. The highest BCUT2D eigenvalue weighted by molar-refractivity contribution is 7.91. The van der Waals surface area contributed by atoms with Crippen LogP contribution in [0, 0.1) is 5.41 Å². The molecule has 5 nitrogen and oxygen atoms in total. The number of sulfone groups is 1. The second-order valence-corrected chi connectivity index (χ2v) is 7.69. The van der Waals surface area contributed by atoms with Crippen LogP contribution in [-0.2, 0) is 14.6 Å². The minimum atomic E-state index is -3.33. The van der Waals surface area contributed by atoms with Gasteiger partial charge in [0.05, 0.1) is 21.8 Å². The first kappa shape index (κ1) is 15.8.